The lowest BCUT2D eigenvalue weighted by Crippen LogP contribution is -2.30. The Morgan fingerprint density at radius 3 is 2.47 bits per heavy atom. The third-order valence-electron chi connectivity index (χ3n) is 5.79. The quantitative estimate of drug-likeness (QED) is 0.225. The fraction of sp³-hybridized carbons (Fsp3) is 0.250. The van der Waals surface area contributed by atoms with Crippen molar-refractivity contribution in [2.45, 2.75) is 47.1 Å². The molecule has 1 heterocycles. The highest BCUT2D eigenvalue weighted by Crippen LogP contribution is 2.33. The number of aryl methyl sites for hydroxylation is 1. The Bertz CT molecular complexity index is 1280. The van der Waals surface area contributed by atoms with E-state index < -0.39 is 0 Å². The molecule has 0 fully saturated rings. The van der Waals surface area contributed by atoms with Crippen molar-refractivity contribution in [2.75, 3.05) is 6.54 Å². The fourth-order valence-electron chi connectivity index (χ4n) is 3.74. The highest BCUT2D eigenvalue weighted by molar-refractivity contribution is 8.07. The molecular weight excluding hydrogens is 490 g/mol. The number of nitrogens with zero attached hydrogens (tertiary/aromatic N) is 2. The maximum absolute atomic E-state index is 13.2. The molecule has 0 aromatic heterocycles. The molecule has 0 spiro atoms. The van der Waals surface area contributed by atoms with Gasteiger partial charge in [-0.25, -0.2) is 0 Å². The van der Waals surface area contributed by atoms with Crippen LogP contribution < -0.4 is 5.32 Å². The number of allylic oxidation sites excluding steroid dienone is 3. The summed E-state index contributed by atoms with van der Waals surface area (Å²) in [5.74, 6) is 0.586. The molecule has 2 aromatic rings. The van der Waals surface area contributed by atoms with Gasteiger partial charge in [0.1, 0.15) is 12.4 Å². The predicted octanol–water partition coefficient (Wildman–Crippen LogP) is 7.93. The monoisotopic (exact) mass is 527 g/mol. The van der Waals surface area contributed by atoms with Crippen molar-refractivity contribution in [3.05, 3.63) is 124 Å². The van der Waals surface area contributed by atoms with Gasteiger partial charge in [0.2, 0.25) is 0 Å². The van der Waals surface area contributed by atoms with Gasteiger partial charge in [0, 0.05) is 23.7 Å². The molecule has 198 valence electrons. The van der Waals surface area contributed by atoms with Gasteiger partial charge in [0.15, 0.2) is 0 Å². The molecule has 38 heavy (non-hydrogen) atoms. The van der Waals surface area contributed by atoms with Crippen LogP contribution in [-0.4, -0.2) is 23.1 Å². The highest BCUT2D eigenvalue weighted by atomic mass is 32.2. The molecule has 1 N–H and O–H groups in total. The number of benzene rings is 2. The van der Waals surface area contributed by atoms with Gasteiger partial charge in [-0.15, -0.1) is 0 Å². The van der Waals surface area contributed by atoms with E-state index in [2.05, 4.69) is 25.4 Å². The summed E-state index contributed by atoms with van der Waals surface area (Å²) >= 11 is 1.33. The molecule has 0 atom stereocenters. The first-order valence-corrected chi connectivity index (χ1v) is 13.6. The lowest BCUT2D eigenvalue weighted by Gasteiger charge is -2.26. The van der Waals surface area contributed by atoms with E-state index in [1.807, 2.05) is 98.6 Å². The molecule has 1 aliphatic heterocycles. The Kier molecular flexibility index (Phi) is 10.8. The number of ether oxygens (including phenoxy) is 1. The fourth-order valence-corrected chi connectivity index (χ4v) is 4.62. The summed E-state index contributed by atoms with van der Waals surface area (Å²) in [7, 11) is 0. The number of carbonyl (C=O) groups excluding carboxylic acids is 1. The average Bonchev–Trinajstić information content (AvgIpc) is 2.90. The predicted molar refractivity (Wildman–Crippen MR) is 161 cm³/mol. The topological polar surface area (TPSA) is 53.9 Å². The molecule has 2 aromatic carbocycles. The standard InChI is InChI=1S/C32H37N3O2S/c1-7-13-28(34-30-17-12-11-14-24(30)4)21-33-32(36)31(23(2)3)38-26(6)35-19-18-29(20-25(35)5)37-22-27-15-9-8-10-16-27/h8-12,14-20H,5-7,13,21-22H2,1-4H3,(H,33,36). The van der Waals surface area contributed by atoms with Gasteiger partial charge in [-0.2, -0.15) is 0 Å². The maximum Gasteiger partial charge on any atom is 0.258 e. The van der Waals surface area contributed by atoms with E-state index in [1.165, 1.54) is 11.8 Å². The van der Waals surface area contributed by atoms with Crippen LogP contribution in [0.4, 0.5) is 5.69 Å². The largest absolute Gasteiger partial charge is 0.489 e. The van der Waals surface area contributed by atoms with Crippen molar-refractivity contribution in [1.29, 1.82) is 0 Å². The van der Waals surface area contributed by atoms with Crippen molar-refractivity contribution < 1.29 is 9.53 Å². The molecule has 6 heteroatoms. The number of amides is 1. The molecule has 0 unspecified atom stereocenters. The molecule has 0 saturated carbocycles. The van der Waals surface area contributed by atoms with Crippen LogP contribution in [0.2, 0.25) is 0 Å². The van der Waals surface area contributed by atoms with E-state index in [0.29, 0.717) is 23.1 Å². The minimum atomic E-state index is -0.140. The molecule has 5 nitrogen and oxygen atoms in total. The van der Waals surface area contributed by atoms with Crippen molar-refractivity contribution in [3.63, 3.8) is 0 Å². The highest BCUT2D eigenvalue weighted by Gasteiger charge is 2.19. The van der Waals surface area contributed by atoms with Crippen LogP contribution >= 0.6 is 11.8 Å². The number of para-hydroxylation sites is 1. The number of aliphatic imine (C=N–C) groups is 1. The average molecular weight is 528 g/mol. The first-order chi connectivity index (χ1) is 18.3. The minimum absolute atomic E-state index is 0.140. The van der Waals surface area contributed by atoms with Crippen LogP contribution in [0.5, 0.6) is 0 Å². The summed E-state index contributed by atoms with van der Waals surface area (Å²) in [6, 6.07) is 18.0. The Hall–Kier alpha value is -3.77. The van der Waals surface area contributed by atoms with E-state index in [9.17, 15) is 4.79 Å². The number of rotatable bonds is 12. The zero-order valence-corrected chi connectivity index (χ0v) is 23.6. The minimum Gasteiger partial charge on any atom is -0.489 e. The lowest BCUT2D eigenvalue weighted by molar-refractivity contribution is -0.116. The summed E-state index contributed by atoms with van der Waals surface area (Å²) in [5, 5.41) is 3.75. The number of carbonyl (C=O) groups is 1. The molecule has 3 rings (SSSR count). The first kappa shape index (κ1) is 28.8. The van der Waals surface area contributed by atoms with Gasteiger partial charge in [-0.1, -0.05) is 92.4 Å². The lowest BCUT2D eigenvalue weighted by atomic mass is 10.2. The van der Waals surface area contributed by atoms with Crippen molar-refractivity contribution in [1.82, 2.24) is 10.2 Å². The van der Waals surface area contributed by atoms with Crippen LogP contribution in [0.25, 0.3) is 0 Å². The zero-order valence-electron chi connectivity index (χ0n) is 22.8. The summed E-state index contributed by atoms with van der Waals surface area (Å²) in [4.78, 5) is 20.5. The maximum atomic E-state index is 13.2. The summed E-state index contributed by atoms with van der Waals surface area (Å²) in [6.45, 7) is 17.3. The number of hydrogen-bond donors (Lipinski definition) is 1. The van der Waals surface area contributed by atoms with Crippen LogP contribution in [0, 0.1) is 6.92 Å². The van der Waals surface area contributed by atoms with Gasteiger partial charge in [-0.3, -0.25) is 9.79 Å². The van der Waals surface area contributed by atoms with E-state index in [-0.39, 0.29) is 5.91 Å². The van der Waals surface area contributed by atoms with E-state index in [0.717, 1.165) is 52.4 Å². The van der Waals surface area contributed by atoms with Crippen LogP contribution in [0.1, 0.15) is 44.7 Å². The van der Waals surface area contributed by atoms with Crippen LogP contribution in [0.15, 0.2) is 118 Å². The second-order valence-electron chi connectivity index (χ2n) is 9.22. The zero-order chi connectivity index (χ0) is 27.5. The summed E-state index contributed by atoms with van der Waals surface area (Å²) in [5.41, 5.74) is 5.73. The van der Waals surface area contributed by atoms with Gasteiger partial charge >= 0.3 is 0 Å². The van der Waals surface area contributed by atoms with Crippen molar-refractivity contribution in [3.8, 4) is 0 Å². The van der Waals surface area contributed by atoms with Crippen LogP contribution in [-0.2, 0) is 16.1 Å². The normalized spacial score (nSPS) is 13.2. The number of thioether (sulfide) groups is 1. The second-order valence-corrected chi connectivity index (χ2v) is 10.3. The van der Waals surface area contributed by atoms with Gasteiger partial charge in [0.05, 0.1) is 22.2 Å². The second kappa shape index (κ2) is 14.2. The molecule has 1 aliphatic rings. The smallest absolute Gasteiger partial charge is 0.258 e. The third kappa shape index (κ3) is 8.38. The summed E-state index contributed by atoms with van der Waals surface area (Å²) in [6.07, 6.45) is 7.39. The first-order valence-electron chi connectivity index (χ1n) is 12.8. The van der Waals surface area contributed by atoms with E-state index >= 15 is 0 Å². The van der Waals surface area contributed by atoms with Gasteiger partial charge in [-0.05, 0) is 50.5 Å². The van der Waals surface area contributed by atoms with Crippen molar-refractivity contribution >= 4 is 29.1 Å². The Labute approximate surface area is 231 Å². The molecular formula is C32H37N3O2S. The van der Waals surface area contributed by atoms with Crippen LogP contribution in [0.3, 0.4) is 0 Å². The van der Waals surface area contributed by atoms with E-state index in [1.54, 1.807) is 0 Å². The third-order valence-corrected chi connectivity index (χ3v) is 7.02. The Morgan fingerprint density at radius 1 is 1.11 bits per heavy atom. The Balaban J connectivity index is 1.60. The molecule has 0 radical (unpaired) electrons. The molecule has 0 saturated heterocycles. The van der Waals surface area contributed by atoms with Gasteiger partial charge < -0.3 is 15.0 Å². The Morgan fingerprint density at radius 2 is 1.82 bits per heavy atom. The number of nitrogens with one attached hydrogen (secondary N) is 1. The van der Waals surface area contributed by atoms with Crippen molar-refractivity contribution in [2.24, 2.45) is 4.99 Å². The number of hydrogen-bond acceptors (Lipinski definition) is 5. The van der Waals surface area contributed by atoms with Gasteiger partial charge in [0.25, 0.3) is 5.91 Å². The summed E-state index contributed by atoms with van der Waals surface area (Å²) < 4.78 is 5.91. The van der Waals surface area contributed by atoms with E-state index in [4.69, 9.17) is 9.73 Å². The molecule has 0 aliphatic carbocycles. The molecule has 1 amide bonds. The molecule has 0 bridgehead atoms. The SMILES string of the molecule is C=C1C=C(OCc2ccccc2)C=CN1C(=C)SC(C(=O)NCC(CCC)=Nc1ccccc1C)=C(C)C.